The number of phosphoric ester groups is 1. The van der Waals surface area contributed by atoms with Gasteiger partial charge in [-0.15, -0.1) is 0 Å². The van der Waals surface area contributed by atoms with Crippen LogP contribution in [0.2, 0.25) is 0 Å². The topological polar surface area (TPSA) is 134 Å². The molecule has 0 aromatic heterocycles. The predicted octanol–water partition coefficient (Wildman–Crippen LogP) is 27.0. The van der Waals surface area contributed by atoms with Gasteiger partial charge in [0, 0.05) is 19.4 Å². The molecule has 0 aliphatic carbocycles. The fraction of sp³-hybridized carbons (Fsp3) is 0.741. The molecule has 95 heavy (non-hydrogen) atoms. The molecule has 0 aliphatic heterocycles. The van der Waals surface area contributed by atoms with Gasteiger partial charge in [0.25, 0.3) is 0 Å². The molecule has 0 aliphatic rings. The maximum atomic E-state index is 12.8. The Balaban J connectivity index is 3.84. The van der Waals surface area contributed by atoms with Crippen molar-refractivity contribution in [2.45, 2.75) is 380 Å². The van der Waals surface area contributed by atoms with Crippen molar-refractivity contribution in [1.82, 2.24) is 0 Å². The lowest BCUT2D eigenvalue weighted by Gasteiger charge is -2.19. The van der Waals surface area contributed by atoms with Gasteiger partial charge in [-0.05, 0) is 109 Å². The molecule has 0 radical (unpaired) electrons. The number of rotatable bonds is 75. The second-order valence-electron chi connectivity index (χ2n) is 26.6. The molecule has 0 fully saturated rings. The lowest BCUT2D eigenvalue weighted by Crippen LogP contribution is -2.29. The van der Waals surface area contributed by atoms with E-state index in [2.05, 4.69) is 135 Å². The Hall–Kier alpha value is -3.59. The highest BCUT2D eigenvalue weighted by atomic mass is 31.2. The van der Waals surface area contributed by atoms with Gasteiger partial charge in [-0.2, -0.15) is 0 Å². The number of allylic oxidation sites excluding steroid dienone is 20. The summed E-state index contributed by atoms with van der Waals surface area (Å²) < 4.78 is 33.3. The van der Waals surface area contributed by atoms with E-state index in [0.29, 0.717) is 6.42 Å². The third-order valence-corrected chi connectivity index (χ3v) is 18.3. The van der Waals surface area contributed by atoms with Crippen molar-refractivity contribution in [1.29, 1.82) is 0 Å². The molecule has 0 saturated heterocycles. The molecule has 0 amide bonds. The number of unbranched alkanes of at least 4 members (excludes halogenated alkanes) is 42. The summed E-state index contributed by atoms with van der Waals surface area (Å²) in [7, 11) is -4.40. The number of nitrogens with two attached hydrogens (primary N) is 1. The zero-order valence-corrected chi connectivity index (χ0v) is 62.8. The number of esters is 2. The fourth-order valence-electron chi connectivity index (χ4n) is 11.5. The molecule has 0 aromatic carbocycles. The lowest BCUT2D eigenvalue weighted by molar-refractivity contribution is -0.161. The quantitative estimate of drug-likeness (QED) is 0.0264. The van der Waals surface area contributed by atoms with Gasteiger partial charge >= 0.3 is 19.8 Å². The van der Waals surface area contributed by atoms with Crippen LogP contribution in [0.3, 0.4) is 0 Å². The molecule has 0 bridgehead atoms. The van der Waals surface area contributed by atoms with E-state index in [1.54, 1.807) is 0 Å². The number of hydrogen-bond donors (Lipinski definition) is 2. The highest BCUT2D eigenvalue weighted by Crippen LogP contribution is 2.43. The first-order valence-corrected chi connectivity index (χ1v) is 41.5. The van der Waals surface area contributed by atoms with E-state index in [4.69, 9.17) is 24.3 Å². The summed E-state index contributed by atoms with van der Waals surface area (Å²) in [6, 6.07) is 0. The Labute approximate surface area is 587 Å². The van der Waals surface area contributed by atoms with Crippen molar-refractivity contribution in [3.8, 4) is 0 Å². The molecule has 0 heterocycles. The van der Waals surface area contributed by atoms with E-state index < -0.39 is 26.5 Å². The summed E-state index contributed by atoms with van der Waals surface area (Å²) in [6.07, 6.45) is 112. The number of carbonyl (C=O) groups excluding carboxylic acids is 2. The normalized spacial score (nSPS) is 13.5. The van der Waals surface area contributed by atoms with Crippen LogP contribution in [0, 0.1) is 0 Å². The van der Waals surface area contributed by atoms with Crippen molar-refractivity contribution >= 4 is 19.8 Å². The maximum Gasteiger partial charge on any atom is 0.472 e. The van der Waals surface area contributed by atoms with Crippen molar-refractivity contribution in [2.24, 2.45) is 5.73 Å². The van der Waals surface area contributed by atoms with E-state index in [-0.39, 0.29) is 38.6 Å². The van der Waals surface area contributed by atoms with Crippen LogP contribution in [0.25, 0.3) is 0 Å². The van der Waals surface area contributed by atoms with Crippen molar-refractivity contribution in [2.75, 3.05) is 26.4 Å². The maximum absolute atomic E-state index is 12.8. The summed E-state index contributed by atoms with van der Waals surface area (Å²) in [5.74, 6) is -0.821. The Bertz CT molecular complexity index is 1980. The number of phosphoric acid groups is 1. The van der Waals surface area contributed by atoms with Gasteiger partial charge in [0.15, 0.2) is 6.10 Å². The molecule has 0 spiro atoms. The number of hydrogen-bond acceptors (Lipinski definition) is 8. The highest BCUT2D eigenvalue weighted by molar-refractivity contribution is 7.47. The third kappa shape index (κ3) is 79.3. The van der Waals surface area contributed by atoms with E-state index in [1.807, 2.05) is 0 Å². The van der Waals surface area contributed by atoms with Crippen molar-refractivity contribution in [3.05, 3.63) is 122 Å². The molecule has 10 heteroatoms. The molecule has 2 atom stereocenters. The third-order valence-electron chi connectivity index (χ3n) is 17.3. The Kier molecular flexibility index (Phi) is 76.4. The van der Waals surface area contributed by atoms with Gasteiger partial charge in [0.1, 0.15) is 6.61 Å². The second kappa shape index (κ2) is 79.4. The fourth-order valence-corrected chi connectivity index (χ4v) is 12.2. The van der Waals surface area contributed by atoms with Gasteiger partial charge < -0.3 is 20.1 Å². The van der Waals surface area contributed by atoms with Crippen LogP contribution in [-0.4, -0.2) is 49.3 Å². The summed E-state index contributed by atoms with van der Waals surface area (Å²) >= 11 is 0. The van der Waals surface area contributed by atoms with E-state index in [0.717, 1.165) is 103 Å². The van der Waals surface area contributed by atoms with Gasteiger partial charge in [-0.3, -0.25) is 18.6 Å². The molecule has 3 N–H and O–H groups in total. The molecule has 548 valence electrons. The smallest absolute Gasteiger partial charge is 0.462 e. The molecule has 2 unspecified atom stereocenters. The minimum atomic E-state index is -4.40. The van der Waals surface area contributed by atoms with Gasteiger partial charge in [-0.25, -0.2) is 4.57 Å². The van der Waals surface area contributed by atoms with Crippen LogP contribution in [0.15, 0.2) is 122 Å². The highest BCUT2D eigenvalue weighted by Gasteiger charge is 2.26. The Morgan fingerprint density at radius 2 is 0.579 bits per heavy atom. The van der Waals surface area contributed by atoms with Crippen LogP contribution in [0.4, 0.5) is 0 Å². The minimum absolute atomic E-state index is 0.0499. The molecule has 0 rings (SSSR count). The van der Waals surface area contributed by atoms with Gasteiger partial charge in [-0.1, -0.05) is 373 Å². The Morgan fingerprint density at radius 1 is 0.326 bits per heavy atom. The van der Waals surface area contributed by atoms with Crippen LogP contribution >= 0.6 is 7.82 Å². The summed E-state index contributed by atoms with van der Waals surface area (Å²) in [6.45, 7) is 3.67. The number of ether oxygens (including phenoxy) is 2. The largest absolute Gasteiger partial charge is 0.472 e. The molecule has 0 aromatic rings. The standard InChI is InChI=1S/C85H150NO8P/c1-3-5-7-9-11-13-15-17-19-21-23-25-27-29-31-33-35-37-39-40-41-42-44-46-48-50-52-54-56-58-60-62-64-66-68-70-72-74-76-78-85(88)94-83(82-93-95(89,90)92-80-79-86)81-91-84(87)77-75-73-71-69-67-65-63-61-59-57-55-53-51-49-47-45-43-38-36-34-32-30-28-26-24-22-20-18-16-14-12-10-8-6-4-2/h5,7,11,13,17,19,22-25,29,31,35,37,40-41,44,46,50,52,83H,3-4,6,8-10,12,14-16,18,20-21,26-28,30,32-34,36,38-39,42-43,45,47-49,51,53-82,86H2,1-2H3,(H,89,90)/b7-5-,13-11-,19-17-,24-22-,25-23-,31-29-,37-35-,41-40-,46-44-,52-50-. The first-order chi connectivity index (χ1) is 46.8. The summed E-state index contributed by atoms with van der Waals surface area (Å²) in [5.41, 5.74) is 5.41. The van der Waals surface area contributed by atoms with Gasteiger partial charge in [0.05, 0.1) is 13.2 Å². The Morgan fingerprint density at radius 3 is 0.874 bits per heavy atom. The first kappa shape index (κ1) is 91.4. The minimum Gasteiger partial charge on any atom is -0.462 e. The predicted molar refractivity (Wildman–Crippen MR) is 413 cm³/mol. The SMILES string of the molecule is CC/C=C\C/C=C\C/C=C\C/C=C\C/C=C\C/C=C\C/C=C\C/C=C\C/C=C\CCCCCCCCCCCCCC(=O)OC(COC(=O)CCCCCCCCCCCCCCCCCCCCCCCCC/C=C\CCCCCCCCCC)COP(=O)(O)OCCN. The van der Waals surface area contributed by atoms with Gasteiger partial charge in [0.2, 0.25) is 0 Å². The van der Waals surface area contributed by atoms with Crippen LogP contribution in [-0.2, 0) is 32.7 Å². The summed E-state index contributed by atoms with van der Waals surface area (Å²) in [5, 5.41) is 0. The first-order valence-electron chi connectivity index (χ1n) is 40.0. The average molecular weight is 1350 g/mol. The molecular formula is C85H150NO8P. The van der Waals surface area contributed by atoms with Crippen LogP contribution in [0.1, 0.15) is 373 Å². The van der Waals surface area contributed by atoms with E-state index >= 15 is 0 Å². The van der Waals surface area contributed by atoms with Crippen LogP contribution in [0.5, 0.6) is 0 Å². The van der Waals surface area contributed by atoms with E-state index in [1.165, 1.54) is 238 Å². The molecule has 9 nitrogen and oxygen atoms in total. The zero-order valence-electron chi connectivity index (χ0n) is 61.9. The van der Waals surface area contributed by atoms with Crippen molar-refractivity contribution < 1.29 is 37.6 Å². The van der Waals surface area contributed by atoms with Crippen LogP contribution < -0.4 is 5.73 Å². The summed E-state index contributed by atoms with van der Waals surface area (Å²) in [4.78, 5) is 35.5. The van der Waals surface area contributed by atoms with Crippen molar-refractivity contribution in [3.63, 3.8) is 0 Å². The molecule has 0 saturated carbocycles. The monoisotopic (exact) mass is 1340 g/mol. The zero-order chi connectivity index (χ0) is 68.6. The average Bonchev–Trinajstić information content (AvgIpc) is 3.16. The number of carbonyl (C=O) groups is 2. The molecular weight excluding hydrogens is 1190 g/mol. The van der Waals surface area contributed by atoms with E-state index in [9.17, 15) is 19.0 Å². The second-order valence-corrected chi connectivity index (χ2v) is 28.0. The lowest BCUT2D eigenvalue weighted by atomic mass is 10.0.